The molecule has 6 heteroatoms. The standard InChI is InChI=1S/C13H25NO4S/c1-10-13(15,6-7-18-10)9-14-11-4-3-5-12(8-11)19(2,16)17/h10-12,14-15H,3-9H2,1-2H3. The number of ether oxygens (including phenoxy) is 1. The van der Waals surface area contributed by atoms with Gasteiger partial charge in [0, 0.05) is 31.9 Å². The second-order valence-electron chi connectivity index (χ2n) is 6.06. The van der Waals surface area contributed by atoms with Gasteiger partial charge in [-0.2, -0.15) is 0 Å². The highest BCUT2D eigenvalue weighted by Gasteiger charge is 2.40. The van der Waals surface area contributed by atoms with Crippen LogP contribution in [-0.2, 0) is 14.6 Å². The summed E-state index contributed by atoms with van der Waals surface area (Å²) in [7, 11) is -2.95. The van der Waals surface area contributed by atoms with Crippen molar-refractivity contribution in [3.63, 3.8) is 0 Å². The van der Waals surface area contributed by atoms with Crippen LogP contribution in [0.2, 0.25) is 0 Å². The average Bonchev–Trinajstić information content (AvgIpc) is 2.67. The van der Waals surface area contributed by atoms with E-state index in [0.717, 1.165) is 19.3 Å². The van der Waals surface area contributed by atoms with E-state index in [2.05, 4.69) is 5.32 Å². The van der Waals surface area contributed by atoms with Gasteiger partial charge in [0.1, 0.15) is 15.4 Å². The number of hydrogen-bond donors (Lipinski definition) is 2. The minimum absolute atomic E-state index is 0.158. The molecule has 0 amide bonds. The van der Waals surface area contributed by atoms with Crippen molar-refractivity contribution in [2.24, 2.45) is 0 Å². The predicted octanol–water partition coefficient (Wildman–Crippen LogP) is 0.472. The molecule has 2 fully saturated rings. The lowest BCUT2D eigenvalue weighted by Crippen LogP contribution is -2.50. The maximum atomic E-state index is 11.6. The molecule has 0 bridgehead atoms. The molecule has 112 valence electrons. The van der Waals surface area contributed by atoms with Crippen LogP contribution in [0, 0.1) is 0 Å². The number of aliphatic hydroxyl groups is 1. The molecule has 1 saturated carbocycles. The normalized spacial score (nSPS) is 40.5. The van der Waals surface area contributed by atoms with E-state index < -0.39 is 15.4 Å². The van der Waals surface area contributed by atoms with Crippen LogP contribution in [0.1, 0.15) is 39.0 Å². The van der Waals surface area contributed by atoms with Crippen molar-refractivity contribution in [1.82, 2.24) is 5.32 Å². The van der Waals surface area contributed by atoms with Crippen LogP contribution in [-0.4, -0.2) is 55.9 Å². The Morgan fingerprint density at radius 1 is 1.42 bits per heavy atom. The van der Waals surface area contributed by atoms with Gasteiger partial charge in [-0.05, 0) is 26.2 Å². The fourth-order valence-corrected chi connectivity index (χ4v) is 4.22. The van der Waals surface area contributed by atoms with Crippen LogP contribution in [0.3, 0.4) is 0 Å². The molecule has 1 heterocycles. The van der Waals surface area contributed by atoms with E-state index in [1.165, 1.54) is 6.26 Å². The smallest absolute Gasteiger partial charge is 0.150 e. The first-order chi connectivity index (χ1) is 8.81. The summed E-state index contributed by atoms with van der Waals surface area (Å²) in [6.07, 6.45) is 5.14. The van der Waals surface area contributed by atoms with E-state index >= 15 is 0 Å². The Morgan fingerprint density at radius 2 is 2.16 bits per heavy atom. The van der Waals surface area contributed by atoms with Gasteiger partial charge in [0.25, 0.3) is 0 Å². The summed E-state index contributed by atoms with van der Waals surface area (Å²) in [4.78, 5) is 0. The summed E-state index contributed by atoms with van der Waals surface area (Å²) in [5.74, 6) is 0. The van der Waals surface area contributed by atoms with Crippen LogP contribution >= 0.6 is 0 Å². The van der Waals surface area contributed by atoms with Crippen molar-refractivity contribution < 1.29 is 18.3 Å². The third kappa shape index (κ3) is 3.68. The number of rotatable bonds is 4. The second-order valence-corrected chi connectivity index (χ2v) is 8.39. The van der Waals surface area contributed by atoms with Gasteiger partial charge < -0.3 is 15.2 Å². The Labute approximate surface area is 115 Å². The quantitative estimate of drug-likeness (QED) is 0.787. The molecule has 0 aromatic heterocycles. The summed E-state index contributed by atoms with van der Waals surface area (Å²) < 4.78 is 28.6. The van der Waals surface area contributed by atoms with E-state index in [9.17, 15) is 13.5 Å². The first kappa shape index (κ1) is 15.2. The highest BCUT2D eigenvalue weighted by Crippen LogP contribution is 2.27. The molecule has 5 nitrogen and oxygen atoms in total. The van der Waals surface area contributed by atoms with E-state index in [0.29, 0.717) is 26.0 Å². The molecule has 1 aliphatic carbocycles. The van der Waals surface area contributed by atoms with E-state index in [4.69, 9.17) is 4.74 Å². The van der Waals surface area contributed by atoms with Gasteiger partial charge in [0.15, 0.2) is 0 Å². The van der Waals surface area contributed by atoms with Crippen LogP contribution in [0.5, 0.6) is 0 Å². The Bertz CT molecular complexity index is 411. The number of hydrogen-bond acceptors (Lipinski definition) is 5. The molecule has 0 spiro atoms. The van der Waals surface area contributed by atoms with Crippen molar-refractivity contribution in [3.8, 4) is 0 Å². The van der Waals surface area contributed by atoms with Gasteiger partial charge in [-0.15, -0.1) is 0 Å². The van der Waals surface area contributed by atoms with Crippen LogP contribution in [0.4, 0.5) is 0 Å². The average molecular weight is 291 g/mol. The van der Waals surface area contributed by atoms with E-state index in [1.54, 1.807) is 0 Å². The maximum Gasteiger partial charge on any atom is 0.150 e. The molecule has 2 N–H and O–H groups in total. The zero-order chi connectivity index (χ0) is 14.1. The molecule has 4 atom stereocenters. The minimum Gasteiger partial charge on any atom is -0.386 e. The fraction of sp³-hybridized carbons (Fsp3) is 1.00. The third-order valence-corrected chi connectivity index (χ3v) is 6.23. The summed E-state index contributed by atoms with van der Waals surface area (Å²) in [6, 6.07) is 0.185. The Balaban J connectivity index is 1.86. The summed E-state index contributed by atoms with van der Waals surface area (Å²) in [5.41, 5.74) is -0.808. The SMILES string of the molecule is CC1OCCC1(O)CNC1CCCC(S(C)(=O)=O)C1. The minimum atomic E-state index is -2.95. The summed E-state index contributed by atoms with van der Waals surface area (Å²) in [6.45, 7) is 2.96. The zero-order valence-electron chi connectivity index (χ0n) is 11.8. The highest BCUT2D eigenvalue weighted by molar-refractivity contribution is 7.91. The van der Waals surface area contributed by atoms with E-state index in [-0.39, 0.29) is 17.4 Å². The van der Waals surface area contributed by atoms with Crippen molar-refractivity contribution in [2.45, 2.75) is 62.0 Å². The first-order valence-corrected chi connectivity index (χ1v) is 9.03. The lowest BCUT2D eigenvalue weighted by Gasteiger charge is -2.33. The number of sulfone groups is 1. The Morgan fingerprint density at radius 3 is 2.74 bits per heavy atom. The molecular formula is C13H25NO4S. The van der Waals surface area contributed by atoms with Gasteiger partial charge in [-0.25, -0.2) is 8.42 Å². The fourth-order valence-electron chi connectivity index (χ4n) is 3.04. The predicted molar refractivity (Wildman–Crippen MR) is 73.9 cm³/mol. The van der Waals surface area contributed by atoms with Gasteiger partial charge in [-0.3, -0.25) is 0 Å². The summed E-state index contributed by atoms with van der Waals surface area (Å²) in [5, 5.41) is 13.5. The Kier molecular flexibility index (Phi) is 4.55. The molecule has 0 aromatic rings. The first-order valence-electron chi connectivity index (χ1n) is 7.07. The summed E-state index contributed by atoms with van der Waals surface area (Å²) >= 11 is 0. The lowest BCUT2D eigenvalue weighted by atomic mass is 9.92. The van der Waals surface area contributed by atoms with Gasteiger partial charge in [0.05, 0.1) is 11.4 Å². The monoisotopic (exact) mass is 291 g/mol. The van der Waals surface area contributed by atoms with Crippen LogP contribution in [0.15, 0.2) is 0 Å². The largest absolute Gasteiger partial charge is 0.386 e. The third-order valence-electron chi connectivity index (χ3n) is 4.59. The maximum absolute atomic E-state index is 11.6. The van der Waals surface area contributed by atoms with Gasteiger partial charge in [0.2, 0.25) is 0 Å². The zero-order valence-corrected chi connectivity index (χ0v) is 12.6. The lowest BCUT2D eigenvalue weighted by molar-refractivity contribution is -0.0282. The van der Waals surface area contributed by atoms with Crippen molar-refractivity contribution >= 4 is 9.84 Å². The second kappa shape index (κ2) is 5.68. The Hall–Kier alpha value is -0.170. The van der Waals surface area contributed by atoms with E-state index in [1.807, 2.05) is 6.92 Å². The van der Waals surface area contributed by atoms with Crippen molar-refractivity contribution in [1.29, 1.82) is 0 Å². The molecule has 4 unspecified atom stereocenters. The van der Waals surface area contributed by atoms with Gasteiger partial charge in [-0.1, -0.05) is 6.42 Å². The molecule has 19 heavy (non-hydrogen) atoms. The molecule has 0 radical (unpaired) electrons. The van der Waals surface area contributed by atoms with Crippen molar-refractivity contribution in [2.75, 3.05) is 19.4 Å². The van der Waals surface area contributed by atoms with Crippen LogP contribution < -0.4 is 5.32 Å². The van der Waals surface area contributed by atoms with Crippen LogP contribution in [0.25, 0.3) is 0 Å². The van der Waals surface area contributed by atoms with Gasteiger partial charge >= 0.3 is 0 Å². The van der Waals surface area contributed by atoms with Crippen molar-refractivity contribution in [3.05, 3.63) is 0 Å². The molecule has 2 rings (SSSR count). The molecule has 2 aliphatic rings. The molecule has 0 aromatic carbocycles. The molecular weight excluding hydrogens is 266 g/mol. The number of nitrogens with one attached hydrogen (secondary N) is 1. The molecule has 1 aliphatic heterocycles. The topological polar surface area (TPSA) is 75.6 Å². The molecule has 1 saturated heterocycles. The highest BCUT2D eigenvalue weighted by atomic mass is 32.2.